The number of amides is 1. The van der Waals surface area contributed by atoms with Gasteiger partial charge in [0, 0.05) is 24.5 Å². The van der Waals surface area contributed by atoms with Crippen LogP contribution in [0.25, 0.3) is 11.3 Å². The highest BCUT2D eigenvalue weighted by Crippen LogP contribution is 2.25. The summed E-state index contributed by atoms with van der Waals surface area (Å²) < 4.78 is 5.33. The van der Waals surface area contributed by atoms with Gasteiger partial charge in [0.25, 0.3) is 5.91 Å². The van der Waals surface area contributed by atoms with Crippen molar-refractivity contribution in [3.8, 4) is 11.3 Å². The van der Waals surface area contributed by atoms with Crippen LogP contribution >= 0.6 is 0 Å². The van der Waals surface area contributed by atoms with Crippen molar-refractivity contribution in [1.29, 1.82) is 0 Å². The van der Waals surface area contributed by atoms with Crippen molar-refractivity contribution in [3.05, 3.63) is 71.7 Å². The fourth-order valence-electron chi connectivity index (χ4n) is 2.56. The molecule has 1 amide bonds. The molecular weight excluding hydrogens is 302 g/mol. The Morgan fingerprint density at radius 2 is 2.00 bits per heavy atom. The van der Waals surface area contributed by atoms with E-state index < -0.39 is 0 Å². The molecule has 0 fully saturated rings. The van der Waals surface area contributed by atoms with Gasteiger partial charge in [-0.3, -0.25) is 9.78 Å². The lowest BCUT2D eigenvalue weighted by molar-refractivity contribution is 0.0953. The van der Waals surface area contributed by atoms with E-state index in [0.717, 1.165) is 18.4 Å². The van der Waals surface area contributed by atoms with Gasteiger partial charge in [-0.05, 0) is 37.5 Å². The fraction of sp³-hybridized carbons (Fsp3) is 0.211. The zero-order chi connectivity index (χ0) is 16.8. The Hall–Kier alpha value is -2.95. The van der Waals surface area contributed by atoms with E-state index >= 15 is 0 Å². The van der Waals surface area contributed by atoms with E-state index in [0.29, 0.717) is 23.6 Å². The molecule has 0 unspecified atom stereocenters. The maximum atomic E-state index is 12.5. The van der Waals surface area contributed by atoms with E-state index in [9.17, 15) is 4.79 Å². The van der Waals surface area contributed by atoms with Crippen molar-refractivity contribution in [3.63, 3.8) is 0 Å². The second-order valence-electron chi connectivity index (χ2n) is 5.56. The van der Waals surface area contributed by atoms with Gasteiger partial charge in [0.15, 0.2) is 5.76 Å². The Morgan fingerprint density at radius 1 is 1.17 bits per heavy atom. The Kier molecular flexibility index (Phi) is 5.01. The second kappa shape index (κ2) is 7.55. The van der Waals surface area contributed by atoms with Gasteiger partial charge in [-0.25, -0.2) is 0 Å². The van der Waals surface area contributed by atoms with Crippen molar-refractivity contribution in [2.45, 2.75) is 19.8 Å². The monoisotopic (exact) mass is 321 g/mol. The van der Waals surface area contributed by atoms with Crippen LogP contribution in [0.5, 0.6) is 0 Å². The van der Waals surface area contributed by atoms with Gasteiger partial charge in [0.05, 0.1) is 5.69 Å². The molecular formula is C19H19N3O2. The number of benzene rings is 1. The van der Waals surface area contributed by atoms with Crippen LogP contribution < -0.4 is 5.32 Å². The first-order valence-electron chi connectivity index (χ1n) is 7.94. The predicted octanol–water partition coefficient (Wildman–Crippen LogP) is 3.41. The van der Waals surface area contributed by atoms with Crippen LogP contribution in [0.1, 0.15) is 28.0 Å². The van der Waals surface area contributed by atoms with Gasteiger partial charge in [0.1, 0.15) is 5.56 Å². The molecule has 1 N–H and O–H groups in total. The summed E-state index contributed by atoms with van der Waals surface area (Å²) in [7, 11) is 0. The summed E-state index contributed by atoms with van der Waals surface area (Å²) in [6.07, 6.45) is 5.14. The van der Waals surface area contributed by atoms with Crippen LogP contribution in [0, 0.1) is 6.92 Å². The average molecular weight is 321 g/mol. The molecule has 122 valence electrons. The summed E-state index contributed by atoms with van der Waals surface area (Å²) in [5.41, 5.74) is 3.06. The van der Waals surface area contributed by atoms with Crippen LogP contribution in [0.4, 0.5) is 0 Å². The summed E-state index contributed by atoms with van der Waals surface area (Å²) in [6.45, 7) is 2.37. The molecule has 5 heteroatoms. The molecule has 0 spiro atoms. The minimum absolute atomic E-state index is 0.166. The molecule has 24 heavy (non-hydrogen) atoms. The zero-order valence-electron chi connectivity index (χ0n) is 13.5. The fourth-order valence-corrected chi connectivity index (χ4v) is 2.56. The molecule has 5 nitrogen and oxygen atoms in total. The van der Waals surface area contributed by atoms with Crippen LogP contribution in [-0.2, 0) is 6.42 Å². The van der Waals surface area contributed by atoms with Gasteiger partial charge in [-0.2, -0.15) is 0 Å². The van der Waals surface area contributed by atoms with Crippen molar-refractivity contribution >= 4 is 5.91 Å². The zero-order valence-corrected chi connectivity index (χ0v) is 13.5. The van der Waals surface area contributed by atoms with Gasteiger partial charge in [-0.1, -0.05) is 35.5 Å². The third-order valence-corrected chi connectivity index (χ3v) is 3.78. The molecule has 0 aliphatic rings. The minimum atomic E-state index is -0.166. The number of aryl methyl sites for hydroxylation is 2. The van der Waals surface area contributed by atoms with Crippen LogP contribution in [0.15, 0.2) is 59.4 Å². The molecule has 0 aliphatic heterocycles. The highest BCUT2D eigenvalue weighted by molar-refractivity contribution is 6.00. The predicted molar refractivity (Wildman–Crippen MR) is 91.6 cm³/mol. The van der Waals surface area contributed by atoms with Gasteiger partial charge < -0.3 is 9.84 Å². The van der Waals surface area contributed by atoms with Crippen molar-refractivity contribution < 1.29 is 9.32 Å². The van der Waals surface area contributed by atoms with Crippen molar-refractivity contribution in [2.75, 3.05) is 6.54 Å². The number of nitrogens with zero attached hydrogens (tertiary/aromatic N) is 2. The molecule has 0 bridgehead atoms. The van der Waals surface area contributed by atoms with Gasteiger partial charge in [0.2, 0.25) is 0 Å². The van der Waals surface area contributed by atoms with Crippen LogP contribution in [-0.4, -0.2) is 22.6 Å². The number of aromatic nitrogens is 2. The van der Waals surface area contributed by atoms with Crippen LogP contribution in [0.3, 0.4) is 0 Å². The van der Waals surface area contributed by atoms with E-state index in [2.05, 4.69) is 27.6 Å². The first-order valence-corrected chi connectivity index (χ1v) is 7.94. The molecule has 0 radical (unpaired) electrons. The normalized spacial score (nSPS) is 10.5. The topological polar surface area (TPSA) is 68.0 Å². The molecule has 0 aliphatic carbocycles. The van der Waals surface area contributed by atoms with Crippen molar-refractivity contribution in [1.82, 2.24) is 15.5 Å². The minimum Gasteiger partial charge on any atom is -0.355 e. The highest BCUT2D eigenvalue weighted by atomic mass is 16.5. The largest absolute Gasteiger partial charge is 0.355 e. The average Bonchev–Trinajstić information content (AvgIpc) is 3.02. The smallest absolute Gasteiger partial charge is 0.257 e. The standard InChI is InChI=1S/C19H19N3O2/c1-14-17(18(24-22-14)16-10-6-11-20-13-16)19(23)21-12-5-9-15-7-3-2-4-8-15/h2-4,6-8,10-11,13H,5,9,12H2,1H3,(H,21,23). The first-order chi connectivity index (χ1) is 11.8. The number of carbonyl (C=O) groups is 1. The van der Waals surface area contributed by atoms with E-state index in [1.54, 1.807) is 25.4 Å². The lowest BCUT2D eigenvalue weighted by Crippen LogP contribution is -2.25. The van der Waals surface area contributed by atoms with E-state index in [-0.39, 0.29) is 5.91 Å². The molecule has 0 saturated heterocycles. The maximum absolute atomic E-state index is 12.5. The summed E-state index contributed by atoms with van der Waals surface area (Å²) in [5.74, 6) is 0.293. The molecule has 1 aromatic carbocycles. The lowest BCUT2D eigenvalue weighted by atomic mass is 10.1. The number of rotatable bonds is 6. The first kappa shape index (κ1) is 15.9. The number of pyridine rings is 1. The Morgan fingerprint density at radius 3 is 2.75 bits per heavy atom. The third-order valence-electron chi connectivity index (χ3n) is 3.78. The van der Waals surface area contributed by atoms with Crippen LogP contribution in [0.2, 0.25) is 0 Å². The summed E-state index contributed by atoms with van der Waals surface area (Å²) in [5, 5.41) is 6.87. The number of hydrogen-bond donors (Lipinski definition) is 1. The molecule has 3 aromatic rings. The van der Waals surface area contributed by atoms with E-state index in [1.165, 1.54) is 5.56 Å². The molecule has 2 aromatic heterocycles. The SMILES string of the molecule is Cc1noc(-c2cccnc2)c1C(=O)NCCCc1ccccc1. The Balaban J connectivity index is 1.62. The third kappa shape index (κ3) is 3.68. The van der Waals surface area contributed by atoms with Gasteiger partial charge >= 0.3 is 0 Å². The number of carbonyl (C=O) groups excluding carboxylic acids is 1. The molecule has 0 saturated carbocycles. The lowest BCUT2D eigenvalue weighted by Gasteiger charge is -2.06. The summed E-state index contributed by atoms with van der Waals surface area (Å²) >= 11 is 0. The summed E-state index contributed by atoms with van der Waals surface area (Å²) in [6, 6.07) is 13.9. The molecule has 0 atom stereocenters. The summed E-state index contributed by atoms with van der Waals surface area (Å²) in [4.78, 5) is 16.6. The number of hydrogen-bond acceptors (Lipinski definition) is 4. The highest BCUT2D eigenvalue weighted by Gasteiger charge is 2.21. The van der Waals surface area contributed by atoms with Gasteiger partial charge in [-0.15, -0.1) is 0 Å². The maximum Gasteiger partial charge on any atom is 0.257 e. The Bertz CT molecular complexity index is 798. The second-order valence-corrected chi connectivity index (χ2v) is 5.56. The molecule has 2 heterocycles. The van der Waals surface area contributed by atoms with Crippen molar-refractivity contribution in [2.24, 2.45) is 0 Å². The van der Waals surface area contributed by atoms with E-state index in [4.69, 9.17) is 4.52 Å². The Labute approximate surface area is 140 Å². The number of nitrogens with one attached hydrogen (secondary N) is 1. The quantitative estimate of drug-likeness (QED) is 0.707. The molecule has 3 rings (SSSR count). The van der Waals surface area contributed by atoms with E-state index in [1.807, 2.05) is 24.3 Å².